The van der Waals surface area contributed by atoms with Crippen molar-refractivity contribution in [3.05, 3.63) is 72.3 Å². The maximum absolute atomic E-state index is 13.7. The van der Waals surface area contributed by atoms with Gasteiger partial charge in [-0.2, -0.15) is 0 Å². The van der Waals surface area contributed by atoms with Gasteiger partial charge in [0, 0.05) is 57.4 Å². The lowest BCUT2D eigenvalue weighted by molar-refractivity contribution is -0.139. The number of methoxy groups -OCH3 is 1. The van der Waals surface area contributed by atoms with Gasteiger partial charge in [-0.3, -0.25) is 14.4 Å². The van der Waals surface area contributed by atoms with Gasteiger partial charge in [0.05, 0.1) is 41.3 Å². The first-order valence-corrected chi connectivity index (χ1v) is 21.4. The fourth-order valence-electron chi connectivity index (χ4n) is 9.20. The summed E-state index contributed by atoms with van der Waals surface area (Å²) >= 11 is 0. The first-order chi connectivity index (χ1) is 29.9. The summed E-state index contributed by atoms with van der Waals surface area (Å²) in [6.45, 7) is 8.06. The van der Waals surface area contributed by atoms with E-state index in [0.29, 0.717) is 18.9 Å². The van der Waals surface area contributed by atoms with Crippen LogP contribution in [0.2, 0.25) is 0 Å². The number of nitrogens with one attached hydrogen (secondary N) is 6. The number of carbonyl (C=O) groups excluding carboxylic acids is 4. The Balaban J connectivity index is 0.929. The molecule has 0 aliphatic carbocycles. The summed E-state index contributed by atoms with van der Waals surface area (Å²) in [4.78, 5) is 79.0. The molecule has 4 amide bonds. The Labute approximate surface area is 357 Å². The van der Waals surface area contributed by atoms with Crippen LogP contribution in [0, 0.1) is 11.8 Å². The first kappa shape index (κ1) is 40.7. The molecule has 7 N–H and O–H groups in total. The molecule has 3 aromatic carbocycles. The molecule has 16 nitrogen and oxygen atoms in total. The summed E-state index contributed by atoms with van der Waals surface area (Å²) in [7, 11) is 1.29. The number of rotatable bonds is 11. The third-order valence-electron chi connectivity index (χ3n) is 12.5. The highest BCUT2D eigenvalue weighted by Crippen LogP contribution is 2.37. The van der Waals surface area contributed by atoms with Crippen LogP contribution < -0.4 is 10.6 Å². The molecule has 62 heavy (non-hydrogen) atoms. The molecule has 2 aliphatic heterocycles. The molecule has 2 saturated heterocycles. The largest absolute Gasteiger partial charge is 0.453 e. The summed E-state index contributed by atoms with van der Waals surface area (Å²) < 4.78 is 4.78. The van der Waals surface area contributed by atoms with Crippen LogP contribution in [0.4, 0.5) is 4.79 Å². The summed E-state index contributed by atoms with van der Waals surface area (Å²) in [5.41, 5.74) is 9.27. The average Bonchev–Trinajstić information content (AvgIpc) is 4.12. The van der Waals surface area contributed by atoms with Gasteiger partial charge < -0.3 is 50.2 Å². The van der Waals surface area contributed by atoms with Gasteiger partial charge in [0.2, 0.25) is 17.7 Å². The van der Waals surface area contributed by atoms with E-state index in [1.807, 2.05) is 56.9 Å². The fourth-order valence-corrected chi connectivity index (χ4v) is 9.20. The van der Waals surface area contributed by atoms with E-state index in [2.05, 4.69) is 67.0 Å². The van der Waals surface area contributed by atoms with E-state index in [1.54, 1.807) is 4.90 Å². The van der Waals surface area contributed by atoms with Crippen molar-refractivity contribution in [2.45, 2.75) is 77.5 Å². The zero-order valence-electron chi connectivity index (χ0n) is 35.5. The number of benzene rings is 3. The molecule has 2 fully saturated rings. The Morgan fingerprint density at radius 2 is 1.16 bits per heavy atom. The molecular formula is C46H52N10O6. The molecule has 4 atom stereocenters. The SMILES string of the molecule is COC(=O)NC(C(=O)N1CCCC1c1nc2ccc(-c3cc4cc5cc(-c6ccc7nc(C8CCCN8C(=O)C(NC(=O)CO)C(C)C)[nH]c7c6)[nH]c5cc4[nH]3)cc2[nH]1)C(C)C. The number of fused-ring (bicyclic) bond motifs is 4. The number of ether oxygens (including phenoxy) is 1. The molecule has 2 aliphatic rings. The van der Waals surface area contributed by atoms with Gasteiger partial charge in [0.15, 0.2) is 0 Å². The van der Waals surface area contributed by atoms with Crippen molar-refractivity contribution < 1.29 is 29.0 Å². The van der Waals surface area contributed by atoms with Gasteiger partial charge >= 0.3 is 6.09 Å². The maximum Gasteiger partial charge on any atom is 0.407 e. The number of amides is 4. The number of aliphatic hydroxyl groups is 1. The van der Waals surface area contributed by atoms with Crippen LogP contribution in [-0.2, 0) is 19.1 Å². The number of alkyl carbamates (subject to hydrolysis) is 1. The monoisotopic (exact) mass is 840 g/mol. The Bertz CT molecular complexity index is 2610. The van der Waals surface area contributed by atoms with E-state index in [1.165, 1.54) is 7.11 Å². The number of imidazole rings is 2. The van der Waals surface area contributed by atoms with E-state index in [9.17, 15) is 24.3 Å². The Morgan fingerprint density at radius 3 is 1.61 bits per heavy atom. The van der Waals surface area contributed by atoms with Gasteiger partial charge in [0.25, 0.3) is 0 Å². The predicted octanol–water partition coefficient (Wildman–Crippen LogP) is 6.58. The topological polar surface area (TPSA) is 217 Å². The smallest absolute Gasteiger partial charge is 0.407 e. The van der Waals surface area contributed by atoms with Crippen molar-refractivity contribution in [1.82, 2.24) is 50.3 Å². The minimum Gasteiger partial charge on any atom is -0.453 e. The second-order valence-electron chi connectivity index (χ2n) is 17.3. The molecule has 0 spiro atoms. The molecule has 6 heterocycles. The number of aromatic nitrogens is 6. The van der Waals surface area contributed by atoms with E-state index in [4.69, 9.17) is 14.7 Å². The average molecular weight is 841 g/mol. The number of likely N-dealkylation sites (tertiary alicyclic amines) is 2. The van der Waals surface area contributed by atoms with E-state index in [-0.39, 0.29) is 35.7 Å². The molecule has 16 heteroatoms. The highest BCUT2D eigenvalue weighted by Gasteiger charge is 2.39. The number of H-pyrrole nitrogens is 4. The highest BCUT2D eigenvalue weighted by molar-refractivity contribution is 6.00. The lowest BCUT2D eigenvalue weighted by atomic mass is 10.0. The summed E-state index contributed by atoms with van der Waals surface area (Å²) in [5.74, 6) is 0.304. The van der Waals surface area contributed by atoms with Gasteiger partial charge in [-0.15, -0.1) is 0 Å². The molecule has 4 aromatic heterocycles. The normalized spacial score (nSPS) is 17.9. The zero-order chi connectivity index (χ0) is 43.4. The molecule has 322 valence electrons. The second-order valence-corrected chi connectivity index (χ2v) is 17.3. The number of hydrogen-bond donors (Lipinski definition) is 7. The zero-order valence-corrected chi connectivity index (χ0v) is 35.5. The number of aliphatic hydroxyl groups excluding tert-OH is 1. The van der Waals surface area contributed by atoms with Crippen molar-refractivity contribution in [2.24, 2.45) is 11.8 Å². The van der Waals surface area contributed by atoms with Crippen molar-refractivity contribution in [3.8, 4) is 22.5 Å². The Kier molecular flexibility index (Phi) is 10.7. The number of carbonyl (C=O) groups is 4. The number of aromatic amines is 4. The van der Waals surface area contributed by atoms with Gasteiger partial charge in [-0.1, -0.05) is 39.8 Å². The quantitative estimate of drug-likeness (QED) is 0.0754. The van der Waals surface area contributed by atoms with Crippen molar-refractivity contribution >= 4 is 67.7 Å². The van der Waals surface area contributed by atoms with Gasteiger partial charge in [-0.05, 0) is 86.1 Å². The van der Waals surface area contributed by atoms with E-state index in [0.717, 1.165) is 97.9 Å². The van der Waals surface area contributed by atoms with Crippen molar-refractivity contribution in [2.75, 3.05) is 26.8 Å². The summed E-state index contributed by atoms with van der Waals surface area (Å²) in [5, 5.41) is 16.8. The van der Waals surface area contributed by atoms with Crippen LogP contribution in [0.1, 0.15) is 77.1 Å². The van der Waals surface area contributed by atoms with Crippen molar-refractivity contribution in [1.29, 1.82) is 0 Å². The van der Waals surface area contributed by atoms with Gasteiger partial charge in [-0.25, -0.2) is 14.8 Å². The lowest BCUT2D eigenvalue weighted by Gasteiger charge is -2.30. The number of nitrogens with zero attached hydrogens (tertiary/aromatic N) is 4. The Morgan fingerprint density at radius 1 is 0.677 bits per heavy atom. The fraction of sp³-hybridized carbons (Fsp3) is 0.391. The predicted molar refractivity (Wildman–Crippen MR) is 236 cm³/mol. The van der Waals surface area contributed by atoms with E-state index >= 15 is 0 Å². The first-order valence-electron chi connectivity index (χ1n) is 21.4. The van der Waals surface area contributed by atoms with Crippen LogP contribution in [0.5, 0.6) is 0 Å². The van der Waals surface area contributed by atoms with Crippen LogP contribution >= 0.6 is 0 Å². The lowest BCUT2D eigenvalue weighted by Crippen LogP contribution is -2.51. The van der Waals surface area contributed by atoms with Crippen LogP contribution in [-0.4, -0.2) is 108 Å². The minimum absolute atomic E-state index is 0.114. The summed E-state index contributed by atoms with van der Waals surface area (Å²) in [6, 6.07) is 18.9. The van der Waals surface area contributed by atoms with Crippen molar-refractivity contribution in [3.63, 3.8) is 0 Å². The van der Waals surface area contributed by atoms with Gasteiger partial charge in [0.1, 0.15) is 30.3 Å². The minimum atomic E-state index is -0.731. The highest BCUT2D eigenvalue weighted by atomic mass is 16.5. The van der Waals surface area contributed by atoms with Crippen LogP contribution in [0.3, 0.4) is 0 Å². The molecule has 0 radical (unpaired) electrons. The Hall–Kier alpha value is -6.68. The molecule has 0 saturated carbocycles. The third-order valence-corrected chi connectivity index (χ3v) is 12.5. The number of hydrogen-bond acceptors (Lipinski definition) is 8. The van der Waals surface area contributed by atoms with Crippen LogP contribution in [0.15, 0.2) is 60.7 Å². The molecule has 9 rings (SSSR count). The van der Waals surface area contributed by atoms with E-state index < -0.39 is 30.7 Å². The molecular weight excluding hydrogens is 789 g/mol. The third kappa shape index (κ3) is 7.52. The molecule has 4 unspecified atom stereocenters. The summed E-state index contributed by atoms with van der Waals surface area (Å²) in [6.07, 6.45) is 2.57. The van der Waals surface area contributed by atoms with Crippen LogP contribution in [0.25, 0.3) is 66.4 Å². The molecule has 0 bridgehead atoms. The second kappa shape index (κ2) is 16.3. The standard InChI is InChI=1S/C46H52N10O6/c1-23(2)40(53-39(58)22-57)44(59)55-14-6-8-37(55)42-49-29-12-10-25(17-35(29)51-42)31-19-27-16-28-20-32(48-34(28)21-33(27)47-31)26-11-13-30-36(18-26)52-43(50-30)38-9-7-15-56(38)45(60)41(24(3)4)54-46(61)62-5/h10-13,16-21,23-24,37-38,40-41,47-48,57H,6-9,14-15,22H2,1-5H3,(H,49,51)(H,50,52)(H,53,58)(H,54,61). The maximum atomic E-state index is 13.7. The molecule has 7 aromatic rings.